The fourth-order valence-corrected chi connectivity index (χ4v) is 5.63. The Kier molecular flexibility index (Phi) is 11.4. The monoisotopic (exact) mass is 548 g/mol. The predicted molar refractivity (Wildman–Crippen MR) is 149 cm³/mol. The van der Waals surface area contributed by atoms with E-state index in [2.05, 4.69) is 17.1 Å². The van der Waals surface area contributed by atoms with E-state index < -0.39 is 36.0 Å². The molecule has 0 radical (unpaired) electrons. The Labute approximate surface area is 233 Å². The van der Waals surface area contributed by atoms with Crippen molar-refractivity contribution in [3.05, 3.63) is 30.3 Å². The molecule has 4 rings (SSSR count). The van der Waals surface area contributed by atoms with Crippen molar-refractivity contribution < 1.29 is 33.2 Å². The lowest BCUT2D eigenvalue weighted by atomic mass is 10.0. The topological polar surface area (TPSA) is 87.7 Å². The van der Waals surface area contributed by atoms with Crippen LogP contribution < -0.4 is 5.32 Å². The van der Waals surface area contributed by atoms with Crippen LogP contribution in [0.3, 0.4) is 0 Å². The van der Waals surface area contributed by atoms with Gasteiger partial charge < -0.3 is 28.4 Å². The van der Waals surface area contributed by atoms with Gasteiger partial charge in [0.15, 0.2) is 18.0 Å². The highest BCUT2D eigenvalue weighted by atomic mass is 16.9. The second-order valence-electron chi connectivity index (χ2n) is 11.3. The second-order valence-corrected chi connectivity index (χ2v) is 11.3. The number of hydrogen-bond donors (Lipinski definition) is 1. The lowest BCUT2D eigenvalue weighted by Crippen LogP contribution is -2.47. The maximum atomic E-state index is 13.0. The van der Waals surface area contributed by atoms with Gasteiger partial charge >= 0.3 is 6.09 Å². The number of morpholine rings is 1. The Morgan fingerprint density at radius 2 is 1.69 bits per heavy atom. The summed E-state index contributed by atoms with van der Waals surface area (Å²) in [6, 6.07) is 9.26. The summed E-state index contributed by atoms with van der Waals surface area (Å²) in [7, 11) is 0. The zero-order valence-electron chi connectivity index (χ0n) is 24.0. The molecule has 9 heteroatoms. The molecule has 3 aliphatic rings. The third kappa shape index (κ3) is 8.87. The van der Waals surface area contributed by atoms with Crippen LogP contribution in [0.15, 0.2) is 30.3 Å². The van der Waals surface area contributed by atoms with E-state index >= 15 is 0 Å². The lowest BCUT2D eigenvalue weighted by Gasteiger charge is -2.33. The summed E-state index contributed by atoms with van der Waals surface area (Å²) in [5, 5.41) is 2.82. The van der Waals surface area contributed by atoms with Gasteiger partial charge in [0.25, 0.3) is 0 Å². The fraction of sp³-hybridized carbons (Fsp3) is 0.767. The molecule has 1 amide bonds. The molecule has 3 saturated heterocycles. The van der Waals surface area contributed by atoms with Crippen LogP contribution in [0.5, 0.6) is 0 Å². The quantitative estimate of drug-likeness (QED) is 0.294. The van der Waals surface area contributed by atoms with Crippen molar-refractivity contribution >= 4 is 11.8 Å². The normalized spacial score (nSPS) is 28.3. The van der Waals surface area contributed by atoms with Crippen LogP contribution in [-0.4, -0.2) is 86.9 Å². The Balaban J connectivity index is 1.36. The van der Waals surface area contributed by atoms with Gasteiger partial charge in [-0.05, 0) is 32.4 Å². The fourth-order valence-electron chi connectivity index (χ4n) is 5.63. The minimum Gasteiger partial charge on any atom is -0.440 e. The third-order valence-corrected chi connectivity index (χ3v) is 7.53. The van der Waals surface area contributed by atoms with E-state index in [9.17, 15) is 4.79 Å². The van der Waals surface area contributed by atoms with Crippen molar-refractivity contribution in [3.8, 4) is 0 Å². The molecule has 3 aliphatic heterocycles. The number of nitrogens with one attached hydrogen (secondary N) is 1. The Bertz CT molecular complexity index is 864. The van der Waals surface area contributed by atoms with Crippen molar-refractivity contribution in [1.29, 1.82) is 0 Å². The first-order valence-electron chi connectivity index (χ1n) is 14.9. The molecule has 0 aliphatic carbocycles. The van der Waals surface area contributed by atoms with Crippen molar-refractivity contribution in [3.63, 3.8) is 0 Å². The van der Waals surface area contributed by atoms with E-state index in [4.69, 9.17) is 28.4 Å². The number of benzene rings is 1. The van der Waals surface area contributed by atoms with Crippen LogP contribution in [-0.2, 0) is 28.4 Å². The number of hydrogen-bond acceptors (Lipinski definition) is 8. The number of amides is 1. The van der Waals surface area contributed by atoms with E-state index in [0.717, 1.165) is 25.9 Å². The van der Waals surface area contributed by atoms with Crippen molar-refractivity contribution in [2.24, 2.45) is 0 Å². The highest BCUT2D eigenvalue weighted by molar-refractivity contribution is 5.84. The summed E-state index contributed by atoms with van der Waals surface area (Å²) in [6.07, 6.45) is 7.66. The van der Waals surface area contributed by atoms with E-state index in [1.807, 2.05) is 44.2 Å². The number of rotatable bonds is 15. The van der Waals surface area contributed by atoms with Crippen LogP contribution in [0.2, 0.25) is 0 Å². The molecule has 3 heterocycles. The van der Waals surface area contributed by atoms with Crippen molar-refractivity contribution in [2.45, 2.75) is 102 Å². The predicted octanol–water partition coefficient (Wildman–Crippen LogP) is 5.34. The van der Waals surface area contributed by atoms with Crippen LogP contribution in [0.4, 0.5) is 10.5 Å². The van der Waals surface area contributed by atoms with Crippen LogP contribution in [0.25, 0.3) is 0 Å². The summed E-state index contributed by atoms with van der Waals surface area (Å²) in [5.74, 6) is -2.04. The molecule has 9 nitrogen and oxygen atoms in total. The van der Waals surface area contributed by atoms with Crippen molar-refractivity contribution in [2.75, 3.05) is 51.4 Å². The van der Waals surface area contributed by atoms with E-state index in [1.165, 1.54) is 38.5 Å². The summed E-state index contributed by atoms with van der Waals surface area (Å²) in [5.41, 5.74) is 0.662. The third-order valence-electron chi connectivity index (χ3n) is 7.53. The first-order valence-corrected chi connectivity index (χ1v) is 14.9. The average Bonchev–Trinajstić information content (AvgIpc) is 3.32. The number of carbonyl (C=O) groups excluding carboxylic acids is 1. The number of anilines is 1. The molecular weight excluding hydrogens is 500 g/mol. The molecule has 3 fully saturated rings. The van der Waals surface area contributed by atoms with Gasteiger partial charge in [-0.3, -0.25) is 10.2 Å². The number of nitrogens with zero attached hydrogens (tertiary/aromatic N) is 1. The number of fused-ring (bicyclic) bond motifs is 1. The van der Waals surface area contributed by atoms with Gasteiger partial charge in [-0.1, -0.05) is 70.1 Å². The molecule has 0 bridgehead atoms. The molecule has 1 aromatic carbocycles. The van der Waals surface area contributed by atoms with E-state index in [1.54, 1.807) is 0 Å². The van der Waals surface area contributed by atoms with Gasteiger partial charge in [0.1, 0.15) is 12.7 Å². The number of para-hydroxylation sites is 1. The van der Waals surface area contributed by atoms with Gasteiger partial charge in [-0.25, -0.2) is 4.79 Å². The molecule has 39 heavy (non-hydrogen) atoms. The summed E-state index contributed by atoms with van der Waals surface area (Å²) in [6.45, 7) is 10.3. The molecule has 1 aromatic rings. The zero-order chi connectivity index (χ0) is 27.6. The first-order chi connectivity index (χ1) is 18.9. The highest BCUT2D eigenvalue weighted by Crippen LogP contribution is 2.47. The van der Waals surface area contributed by atoms with Gasteiger partial charge in [-0.2, -0.15) is 0 Å². The maximum absolute atomic E-state index is 13.0. The average molecular weight is 549 g/mol. The molecular formula is C30H48N2O7. The van der Waals surface area contributed by atoms with Gasteiger partial charge in [-0.15, -0.1) is 0 Å². The Morgan fingerprint density at radius 1 is 1.00 bits per heavy atom. The standard InChI is InChI=1S/C30H48N2O7/c1-4-5-6-7-8-9-10-14-19-35-23-30-27(38-29(2,3)39-30)26(25(37-30)22-32-17-20-34-21-18-32)36-28(33)31-24-15-12-11-13-16-24/h11-13,15-16,25-27H,4-10,14,17-23H2,1-3H3,(H,31,33)/t25-,26+,27-,30-/m0/s1. The van der Waals surface area contributed by atoms with Gasteiger partial charge in [0.05, 0.1) is 13.2 Å². The maximum Gasteiger partial charge on any atom is 0.412 e. The van der Waals surface area contributed by atoms with Crippen LogP contribution >= 0.6 is 0 Å². The molecule has 0 aromatic heterocycles. The minimum atomic E-state index is -1.14. The Hall–Kier alpha value is -1.75. The molecule has 1 N–H and O–H groups in total. The lowest BCUT2D eigenvalue weighted by molar-refractivity contribution is -0.279. The Morgan fingerprint density at radius 3 is 2.41 bits per heavy atom. The SMILES string of the molecule is CCCCCCCCCCOC[C@@]12O[C@@H](CN3CCOCC3)[C@@H](OC(=O)Nc3ccccc3)[C@@H]1OC(C)(C)O2. The number of carbonyl (C=O) groups is 1. The highest BCUT2D eigenvalue weighted by Gasteiger charge is 2.66. The second kappa shape index (κ2) is 14.8. The molecule has 0 unspecified atom stereocenters. The molecule has 0 saturated carbocycles. The number of ether oxygens (including phenoxy) is 6. The minimum absolute atomic E-state index is 0.220. The summed E-state index contributed by atoms with van der Waals surface area (Å²) in [4.78, 5) is 15.2. The van der Waals surface area contributed by atoms with Crippen LogP contribution in [0.1, 0.15) is 72.1 Å². The van der Waals surface area contributed by atoms with E-state index in [0.29, 0.717) is 32.1 Å². The van der Waals surface area contributed by atoms with Gasteiger partial charge in [0.2, 0.25) is 5.79 Å². The summed E-state index contributed by atoms with van der Waals surface area (Å²) < 4.78 is 36.9. The smallest absolute Gasteiger partial charge is 0.412 e. The van der Waals surface area contributed by atoms with Crippen LogP contribution in [0, 0.1) is 0 Å². The van der Waals surface area contributed by atoms with Gasteiger partial charge in [0, 0.05) is 31.9 Å². The molecule has 4 atom stereocenters. The van der Waals surface area contributed by atoms with Crippen molar-refractivity contribution in [1.82, 2.24) is 4.90 Å². The molecule has 0 spiro atoms. The van der Waals surface area contributed by atoms with E-state index in [-0.39, 0.29) is 6.61 Å². The largest absolute Gasteiger partial charge is 0.440 e. The molecule has 220 valence electrons. The first kappa shape index (κ1) is 30.2. The zero-order valence-corrected chi connectivity index (χ0v) is 24.0. The summed E-state index contributed by atoms with van der Waals surface area (Å²) >= 11 is 0. The number of unbranched alkanes of at least 4 members (excludes halogenated alkanes) is 7.